The summed E-state index contributed by atoms with van der Waals surface area (Å²) in [6.07, 6.45) is 5.62. The van der Waals surface area contributed by atoms with Crippen molar-refractivity contribution in [2.45, 2.75) is 63.6 Å². The quantitative estimate of drug-likeness (QED) is 0.544. The van der Waals surface area contributed by atoms with Crippen molar-refractivity contribution in [1.82, 2.24) is 0 Å². The average molecular weight is 238 g/mol. The van der Waals surface area contributed by atoms with Gasteiger partial charge in [-0.15, -0.1) is 5.54 Å². The van der Waals surface area contributed by atoms with Gasteiger partial charge in [-0.1, -0.05) is 25.6 Å². The smallest absolute Gasteiger partial charge is 0.159 e. The molecule has 1 saturated heterocycles. The van der Waals surface area contributed by atoms with Crippen LogP contribution in [0.5, 0.6) is 0 Å². The van der Waals surface area contributed by atoms with Crippen LogP contribution >= 0.6 is 0 Å². The van der Waals surface area contributed by atoms with Crippen LogP contribution in [0.4, 0.5) is 0 Å². The van der Waals surface area contributed by atoms with Gasteiger partial charge in [0.2, 0.25) is 0 Å². The van der Waals surface area contributed by atoms with Gasteiger partial charge in [-0.05, 0) is 32.1 Å². The predicted octanol–water partition coefficient (Wildman–Crippen LogP) is 2.94. The van der Waals surface area contributed by atoms with Crippen molar-refractivity contribution in [2.75, 3.05) is 6.61 Å². The summed E-state index contributed by atoms with van der Waals surface area (Å²) in [6, 6.07) is 0. The first-order valence-electron chi connectivity index (χ1n) is 6.33. The van der Waals surface area contributed by atoms with Gasteiger partial charge < -0.3 is 9.47 Å². The van der Waals surface area contributed by atoms with Crippen LogP contribution in [0.25, 0.3) is 0 Å². The third-order valence-electron chi connectivity index (χ3n) is 2.86. The van der Waals surface area contributed by atoms with E-state index in [2.05, 4.69) is 31.1 Å². The summed E-state index contributed by atoms with van der Waals surface area (Å²) in [5, 5.41) is 0. The second kappa shape index (κ2) is 4.52. The first-order valence-corrected chi connectivity index (χ1v) is 9.83. The zero-order valence-corrected chi connectivity index (χ0v) is 11.6. The summed E-state index contributed by atoms with van der Waals surface area (Å²) >= 11 is 0. The van der Waals surface area contributed by atoms with E-state index in [4.69, 9.17) is 9.47 Å². The molecule has 0 bridgehead atoms. The van der Waals surface area contributed by atoms with E-state index in [0.29, 0.717) is 0 Å². The molecular weight excluding hydrogens is 216 g/mol. The van der Waals surface area contributed by atoms with Gasteiger partial charge >= 0.3 is 0 Å². The van der Waals surface area contributed by atoms with E-state index in [9.17, 15) is 0 Å². The lowest BCUT2D eigenvalue weighted by Crippen LogP contribution is -2.29. The van der Waals surface area contributed by atoms with Crippen molar-refractivity contribution < 1.29 is 9.47 Å². The predicted molar refractivity (Wildman–Crippen MR) is 67.8 cm³/mol. The third kappa shape index (κ3) is 3.62. The lowest BCUT2D eigenvalue weighted by atomic mass is 10.2. The van der Waals surface area contributed by atoms with Gasteiger partial charge in [0.25, 0.3) is 0 Å². The summed E-state index contributed by atoms with van der Waals surface area (Å²) in [7, 11) is -1.27. The fraction of sp³-hybridized carbons (Fsp3) is 0.846. The molecule has 0 N–H and O–H groups in total. The molecule has 0 spiro atoms. The van der Waals surface area contributed by atoms with Crippen LogP contribution < -0.4 is 0 Å². The summed E-state index contributed by atoms with van der Waals surface area (Å²) in [5.74, 6) is 3.37. The van der Waals surface area contributed by atoms with Crippen LogP contribution in [-0.2, 0) is 9.47 Å². The number of rotatable bonds is 2. The Balaban J connectivity index is 1.90. The molecule has 0 aromatic heterocycles. The van der Waals surface area contributed by atoms with Crippen molar-refractivity contribution in [3.05, 3.63) is 0 Å². The zero-order chi connectivity index (χ0) is 11.6. The number of ether oxygens (including phenoxy) is 2. The van der Waals surface area contributed by atoms with Crippen molar-refractivity contribution >= 4 is 8.07 Å². The van der Waals surface area contributed by atoms with Crippen LogP contribution in [0.3, 0.4) is 0 Å². The van der Waals surface area contributed by atoms with Gasteiger partial charge in [0.15, 0.2) is 6.29 Å². The Labute approximate surface area is 99.7 Å². The third-order valence-corrected chi connectivity index (χ3v) is 3.74. The van der Waals surface area contributed by atoms with Gasteiger partial charge in [0.1, 0.15) is 13.7 Å². The largest absolute Gasteiger partial charge is 0.353 e. The van der Waals surface area contributed by atoms with Gasteiger partial charge in [-0.2, -0.15) is 0 Å². The van der Waals surface area contributed by atoms with Gasteiger partial charge in [0, 0.05) is 6.61 Å². The summed E-state index contributed by atoms with van der Waals surface area (Å²) in [6.45, 7) is 7.66. The van der Waals surface area contributed by atoms with Crippen molar-refractivity contribution in [2.24, 2.45) is 0 Å². The molecule has 3 heteroatoms. The molecule has 1 atom stereocenters. The maximum Gasteiger partial charge on any atom is 0.159 e. The molecule has 1 heterocycles. The Morgan fingerprint density at radius 1 is 1.25 bits per heavy atom. The molecule has 16 heavy (non-hydrogen) atoms. The molecule has 2 rings (SSSR count). The van der Waals surface area contributed by atoms with E-state index in [1.165, 1.54) is 12.8 Å². The van der Waals surface area contributed by atoms with Crippen molar-refractivity contribution in [1.29, 1.82) is 0 Å². The first kappa shape index (κ1) is 12.2. The Morgan fingerprint density at radius 2 is 2.00 bits per heavy atom. The highest BCUT2D eigenvalue weighted by atomic mass is 28.3. The molecule has 1 aliphatic heterocycles. The van der Waals surface area contributed by atoms with Crippen molar-refractivity contribution in [3.8, 4) is 11.5 Å². The summed E-state index contributed by atoms with van der Waals surface area (Å²) in [4.78, 5) is 0. The number of hydrogen-bond acceptors (Lipinski definition) is 2. The minimum atomic E-state index is -1.27. The second-order valence-electron chi connectivity index (χ2n) is 5.91. The maximum absolute atomic E-state index is 6.01. The molecule has 2 fully saturated rings. The molecule has 0 radical (unpaired) electrons. The zero-order valence-electron chi connectivity index (χ0n) is 10.6. The Kier molecular flexibility index (Phi) is 3.44. The van der Waals surface area contributed by atoms with Crippen LogP contribution in [-0.4, -0.2) is 26.6 Å². The molecule has 1 aliphatic carbocycles. The normalized spacial score (nSPS) is 28.1. The van der Waals surface area contributed by atoms with Crippen LogP contribution in [0.2, 0.25) is 19.6 Å². The van der Waals surface area contributed by atoms with Crippen molar-refractivity contribution in [3.63, 3.8) is 0 Å². The van der Waals surface area contributed by atoms with E-state index in [1.54, 1.807) is 0 Å². The van der Waals surface area contributed by atoms with E-state index < -0.39 is 8.07 Å². The summed E-state index contributed by atoms with van der Waals surface area (Å²) in [5.41, 5.74) is 3.29. The van der Waals surface area contributed by atoms with Crippen LogP contribution in [0, 0.1) is 11.5 Å². The van der Waals surface area contributed by atoms with Gasteiger partial charge in [0.05, 0.1) is 0 Å². The van der Waals surface area contributed by atoms with Crippen LogP contribution in [0.15, 0.2) is 0 Å². The molecule has 2 aliphatic rings. The fourth-order valence-corrected chi connectivity index (χ4v) is 2.35. The van der Waals surface area contributed by atoms with E-state index >= 15 is 0 Å². The molecule has 1 unspecified atom stereocenters. The standard InChI is InChI=1S/C13H22O2Si/c1-16(2,3)11-9-13(7-8-13)15-12-6-4-5-10-14-12/h12H,4-8,10H2,1-3H3. The second-order valence-corrected chi connectivity index (χ2v) is 10.7. The SMILES string of the molecule is C[Si](C)(C)C#CC1(OC2CCCCO2)CC1. The average Bonchev–Trinajstić information content (AvgIpc) is 2.96. The number of hydrogen-bond donors (Lipinski definition) is 0. The highest BCUT2D eigenvalue weighted by Gasteiger charge is 2.45. The minimum absolute atomic E-state index is 0.00665. The maximum atomic E-state index is 6.01. The molecule has 0 aromatic carbocycles. The summed E-state index contributed by atoms with van der Waals surface area (Å²) < 4.78 is 11.6. The first-order chi connectivity index (χ1) is 7.49. The topological polar surface area (TPSA) is 18.5 Å². The molecular formula is C13H22O2Si. The molecule has 0 aromatic rings. The fourth-order valence-electron chi connectivity index (χ4n) is 1.74. The Morgan fingerprint density at radius 3 is 2.50 bits per heavy atom. The monoisotopic (exact) mass is 238 g/mol. The highest BCUT2D eigenvalue weighted by molar-refractivity contribution is 6.83. The van der Waals surface area contributed by atoms with Gasteiger partial charge in [-0.3, -0.25) is 0 Å². The lowest BCUT2D eigenvalue weighted by molar-refractivity contribution is -0.183. The molecule has 0 amide bonds. The van der Waals surface area contributed by atoms with E-state index in [0.717, 1.165) is 25.9 Å². The lowest BCUT2D eigenvalue weighted by Gasteiger charge is -2.25. The molecule has 1 saturated carbocycles. The minimum Gasteiger partial charge on any atom is -0.353 e. The Hall–Kier alpha value is -0.303. The Bertz CT molecular complexity index is 298. The molecule has 90 valence electrons. The van der Waals surface area contributed by atoms with Crippen LogP contribution in [0.1, 0.15) is 32.1 Å². The highest BCUT2D eigenvalue weighted by Crippen LogP contribution is 2.41. The van der Waals surface area contributed by atoms with E-state index in [-0.39, 0.29) is 11.9 Å². The molecule has 2 nitrogen and oxygen atoms in total. The van der Waals surface area contributed by atoms with Gasteiger partial charge in [-0.25, -0.2) is 0 Å². The van der Waals surface area contributed by atoms with E-state index in [1.807, 2.05) is 0 Å².